The largest absolute Gasteiger partial charge is 0.496 e. The van der Waals surface area contributed by atoms with E-state index < -0.39 is 0 Å². The average Bonchev–Trinajstić information content (AvgIpc) is 2.54. The number of carbonyl (C=O) groups excluding carboxylic acids is 1. The zero-order valence-corrected chi connectivity index (χ0v) is 13.3. The number of nitrogens with one attached hydrogen (secondary N) is 1. The minimum atomic E-state index is -0.324. The highest BCUT2D eigenvalue weighted by atomic mass is 19.1. The Labute approximate surface area is 135 Å². The standard InChI is InChI=1S/C18H20FNO3/c1-13-3-6-16(7-4-13)23-12-18(21)20-10-9-14-11-15(19)5-8-17(14)22-2/h3-8,11H,9-10,12H2,1-2H3,(H,20,21). The number of hydrogen-bond donors (Lipinski definition) is 1. The van der Waals surface area contributed by atoms with E-state index in [-0.39, 0.29) is 18.3 Å². The van der Waals surface area contributed by atoms with Crippen molar-refractivity contribution in [3.63, 3.8) is 0 Å². The molecule has 0 radical (unpaired) electrons. The molecule has 0 aliphatic heterocycles. The van der Waals surface area contributed by atoms with Crippen molar-refractivity contribution in [1.29, 1.82) is 0 Å². The Morgan fingerprint density at radius 3 is 2.61 bits per heavy atom. The molecule has 2 aromatic carbocycles. The van der Waals surface area contributed by atoms with E-state index in [1.54, 1.807) is 6.07 Å². The molecule has 0 fully saturated rings. The predicted molar refractivity (Wildman–Crippen MR) is 86.3 cm³/mol. The number of halogens is 1. The highest BCUT2D eigenvalue weighted by Crippen LogP contribution is 2.19. The molecule has 0 aliphatic carbocycles. The molecule has 1 amide bonds. The molecular weight excluding hydrogens is 297 g/mol. The van der Waals surface area contributed by atoms with Crippen LogP contribution in [-0.4, -0.2) is 26.2 Å². The summed E-state index contributed by atoms with van der Waals surface area (Å²) in [6, 6.07) is 11.8. The zero-order valence-electron chi connectivity index (χ0n) is 13.3. The maximum atomic E-state index is 13.2. The monoisotopic (exact) mass is 317 g/mol. The summed E-state index contributed by atoms with van der Waals surface area (Å²) >= 11 is 0. The molecular formula is C18H20FNO3. The van der Waals surface area contributed by atoms with Crippen LogP contribution in [0.4, 0.5) is 4.39 Å². The lowest BCUT2D eigenvalue weighted by molar-refractivity contribution is -0.123. The van der Waals surface area contributed by atoms with Gasteiger partial charge in [-0.2, -0.15) is 0 Å². The van der Waals surface area contributed by atoms with Gasteiger partial charge in [-0.25, -0.2) is 4.39 Å². The van der Waals surface area contributed by atoms with Gasteiger partial charge >= 0.3 is 0 Å². The second-order valence-electron chi connectivity index (χ2n) is 5.16. The van der Waals surface area contributed by atoms with Crippen LogP contribution < -0.4 is 14.8 Å². The quantitative estimate of drug-likeness (QED) is 0.854. The van der Waals surface area contributed by atoms with Crippen molar-refractivity contribution in [2.24, 2.45) is 0 Å². The molecule has 0 heterocycles. The maximum Gasteiger partial charge on any atom is 0.257 e. The summed E-state index contributed by atoms with van der Waals surface area (Å²) < 4.78 is 23.8. The smallest absolute Gasteiger partial charge is 0.257 e. The molecule has 23 heavy (non-hydrogen) atoms. The summed E-state index contributed by atoms with van der Waals surface area (Å²) in [5.41, 5.74) is 1.85. The summed E-state index contributed by atoms with van der Waals surface area (Å²) in [7, 11) is 1.53. The van der Waals surface area contributed by atoms with E-state index in [0.29, 0.717) is 30.0 Å². The molecule has 122 valence electrons. The van der Waals surface area contributed by atoms with E-state index in [9.17, 15) is 9.18 Å². The van der Waals surface area contributed by atoms with Gasteiger partial charge in [-0.15, -0.1) is 0 Å². The number of aryl methyl sites for hydroxylation is 1. The van der Waals surface area contributed by atoms with E-state index in [1.165, 1.54) is 19.2 Å². The Hall–Kier alpha value is -2.56. The minimum absolute atomic E-state index is 0.0522. The molecule has 0 aromatic heterocycles. The van der Waals surface area contributed by atoms with Crippen LogP contribution in [0.1, 0.15) is 11.1 Å². The highest BCUT2D eigenvalue weighted by Gasteiger charge is 2.06. The van der Waals surface area contributed by atoms with E-state index in [0.717, 1.165) is 5.56 Å². The van der Waals surface area contributed by atoms with Crippen LogP contribution in [-0.2, 0) is 11.2 Å². The third-order valence-electron chi connectivity index (χ3n) is 3.35. The number of rotatable bonds is 7. The predicted octanol–water partition coefficient (Wildman–Crippen LogP) is 2.88. The molecule has 0 saturated carbocycles. The summed E-state index contributed by atoms with van der Waals surface area (Å²) in [6.07, 6.45) is 0.483. The van der Waals surface area contributed by atoms with Crippen molar-refractivity contribution in [3.05, 3.63) is 59.4 Å². The molecule has 1 N–H and O–H groups in total. The first-order chi connectivity index (χ1) is 11.1. The van der Waals surface area contributed by atoms with Crippen LogP contribution in [0.15, 0.2) is 42.5 Å². The fourth-order valence-electron chi connectivity index (χ4n) is 2.11. The van der Waals surface area contributed by atoms with Crippen LogP contribution in [0.3, 0.4) is 0 Å². The van der Waals surface area contributed by atoms with Gasteiger partial charge in [0.25, 0.3) is 5.91 Å². The van der Waals surface area contributed by atoms with E-state index in [2.05, 4.69) is 5.32 Å². The van der Waals surface area contributed by atoms with Crippen molar-refractivity contribution in [2.45, 2.75) is 13.3 Å². The van der Waals surface area contributed by atoms with Gasteiger partial charge in [-0.05, 0) is 49.2 Å². The molecule has 2 aromatic rings. The molecule has 2 rings (SSSR count). The van der Waals surface area contributed by atoms with Gasteiger partial charge in [0.1, 0.15) is 17.3 Å². The van der Waals surface area contributed by atoms with E-state index in [4.69, 9.17) is 9.47 Å². The van der Waals surface area contributed by atoms with Crippen LogP contribution in [0.25, 0.3) is 0 Å². The minimum Gasteiger partial charge on any atom is -0.496 e. The second-order valence-corrected chi connectivity index (χ2v) is 5.16. The first-order valence-electron chi connectivity index (χ1n) is 7.37. The molecule has 4 nitrogen and oxygen atoms in total. The number of amides is 1. The third-order valence-corrected chi connectivity index (χ3v) is 3.35. The fraction of sp³-hybridized carbons (Fsp3) is 0.278. The van der Waals surface area contributed by atoms with E-state index in [1.807, 2.05) is 31.2 Å². The van der Waals surface area contributed by atoms with Gasteiger partial charge in [0.2, 0.25) is 0 Å². The van der Waals surface area contributed by atoms with Gasteiger partial charge in [0.15, 0.2) is 6.61 Å². The van der Waals surface area contributed by atoms with Crippen molar-refractivity contribution in [1.82, 2.24) is 5.32 Å². The lowest BCUT2D eigenvalue weighted by Gasteiger charge is -2.10. The lowest BCUT2D eigenvalue weighted by Crippen LogP contribution is -2.30. The molecule has 0 spiro atoms. The van der Waals surface area contributed by atoms with Crippen LogP contribution in [0.5, 0.6) is 11.5 Å². The van der Waals surface area contributed by atoms with Gasteiger partial charge in [0, 0.05) is 6.54 Å². The Morgan fingerprint density at radius 2 is 1.91 bits per heavy atom. The van der Waals surface area contributed by atoms with Crippen LogP contribution >= 0.6 is 0 Å². The Kier molecular flexibility index (Phi) is 5.97. The lowest BCUT2D eigenvalue weighted by atomic mass is 10.1. The van der Waals surface area contributed by atoms with Gasteiger partial charge in [-0.3, -0.25) is 4.79 Å². The number of carbonyl (C=O) groups is 1. The first kappa shape index (κ1) is 16.8. The number of methoxy groups -OCH3 is 1. The Morgan fingerprint density at radius 1 is 1.17 bits per heavy atom. The topological polar surface area (TPSA) is 47.6 Å². The molecule has 0 unspecified atom stereocenters. The van der Waals surface area contributed by atoms with Crippen molar-refractivity contribution in [2.75, 3.05) is 20.3 Å². The van der Waals surface area contributed by atoms with Crippen molar-refractivity contribution in [3.8, 4) is 11.5 Å². The molecule has 0 bridgehead atoms. The van der Waals surface area contributed by atoms with Crippen LogP contribution in [0, 0.1) is 12.7 Å². The van der Waals surface area contributed by atoms with Crippen molar-refractivity contribution >= 4 is 5.91 Å². The maximum absolute atomic E-state index is 13.2. The first-order valence-corrected chi connectivity index (χ1v) is 7.37. The summed E-state index contributed by atoms with van der Waals surface area (Å²) in [5, 5.41) is 2.74. The van der Waals surface area contributed by atoms with Crippen LogP contribution in [0.2, 0.25) is 0 Å². The van der Waals surface area contributed by atoms with Crippen molar-refractivity contribution < 1.29 is 18.7 Å². The Balaban J connectivity index is 1.76. The van der Waals surface area contributed by atoms with Gasteiger partial charge < -0.3 is 14.8 Å². The van der Waals surface area contributed by atoms with E-state index >= 15 is 0 Å². The second kappa shape index (κ2) is 8.17. The molecule has 0 atom stereocenters. The molecule has 0 saturated heterocycles. The van der Waals surface area contributed by atoms with Gasteiger partial charge in [0.05, 0.1) is 7.11 Å². The molecule has 0 aliphatic rings. The average molecular weight is 317 g/mol. The normalized spacial score (nSPS) is 10.2. The SMILES string of the molecule is COc1ccc(F)cc1CCNC(=O)COc1ccc(C)cc1. The highest BCUT2D eigenvalue weighted by molar-refractivity contribution is 5.77. The summed E-state index contributed by atoms with van der Waals surface area (Å²) in [5.74, 6) is 0.713. The zero-order chi connectivity index (χ0) is 16.7. The third kappa shape index (κ3) is 5.29. The summed E-state index contributed by atoms with van der Waals surface area (Å²) in [6.45, 7) is 2.32. The molecule has 5 heteroatoms. The number of ether oxygens (including phenoxy) is 2. The fourth-order valence-corrected chi connectivity index (χ4v) is 2.11. The summed E-state index contributed by atoms with van der Waals surface area (Å²) in [4.78, 5) is 11.8. The Bertz CT molecular complexity index is 656. The number of benzene rings is 2. The number of hydrogen-bond acceptors (Lipinski definition) is 3. The van der Waals surface area contributed by atoms with Gasteiger partial charge in [-0.1, -0.05) is 17.7 Å².